The SMILES string of the molecule is COc1ccc(NCc2cn(C)nc2C)cc1OC(F)F. The molecule has 0 saturated carbocycles. The number of nitrogens with zero attached hydrogens (tertiary/aromatic N) is 2. The van der Waals surface area contributed by atoms with Crippen LogP contribution in [0, 0.1) is 6.92 Å². The monoisotopic (exact) mass is 297 g/mol. The topological polar surface area (TPSA) is 48.3 Å². The molecule has 5 nitrogen and oxygen atoms in total. The maximum atomic E-state index is 12.4. The third-order valence-corrected chi connectivity index (χ3v) is 2.98. The van der Waals surface area contributed by atoms with Gasteiger partial charge in [-0.15, -0.1) is 0 Å². The number of hydrogen-bond acceptors (Lipinski definition) is 4. The van der Waals surface area contributed by atoms with Crippen LogP contribution in [0.5, 0.6) is 11.5 Å². The van der Waals surface area contributed by atoms with Crippen LogP contribution in [-0.4, -0.2) is 23.5 Å². The Labute approximate surface area is 121 Å². The third-order valence-electron chi connectivity index (χ3n) is 2.98. The van der Waals surface area contributed by atoms with Crippen molar-refractivity contribution in [3.05, 3.63) is 35.7 Å². The summed E-state index contributed by atoms with van der Waals surface area (Å²) in [4.78, 5) is 0. The molecule has 0 bridgehead atoms. The van der Waals surface area contributed by atoms with Crippen LogP contribution in [0.25, 0.3) is 0 Å². The molecule has 7 heteroatoms. The Hall–Kier alpha value is -2.31. The van der Waals surface area contributed by atoms with E-state index in [0.29, 0.717) is 12.2 Å². The van der Waals surface area contributed by atoms with Gasteiger partial charge in [0, 0.05) is 37.1 Å². The number of alkyl halides is 2. The number of halogens is 2. The Morgan fingerprint density at radius 2 is 2.10 bits per heavy atom. The van der Waals surface area contributed by atoms with Crippen molar-refractivity contribution in [2.75, 3.05) is 12.4 Å². The van der Waals surface area contributed by atoms with Crippen molar-refractivity contribution in [2.45, 2.75) is 20.1 Å². The van der Waals surface area contributed by atoms with Gasteiger partial charge in [-0.3, -0.25) is 4.68 Å². The van der Waals surface area contributed by atoms with Gasteiger partial charge in [0.05, 0.1) is 12.8 Å². The Bertz CT molecular complexity index is 614. The first-order valence-corrected chi connectivity index (χ1v) is 6.35. The van der Waals surface area contributed by atoms with Crippen LogP contribution in [0.15, 0.2) is 24.4 Å². The number of nitrogens with one attached hydrogen (secondary N) is 1. The number of ether oxygens (including phenoxy) is 2. The van der Waals surface area contributed by atoms with Gasteiger partial charge >= 0.3 is 6.61 Å². The van der Waals surface area contributed by atoms with Gasteiger partial charge in [0.1, 0.15) is 0 Å². The van der Waals surface area contributed by atoms with Gasteiger partial charge in [-0.2, -0.15) is 13.9 Å². The van der Waals surface area contributed by atoms with Crippen LogP contribution < -0.4 is 14.8 Å². The summed E-state index contributed by atoms with van der Waals surface area (Å²) in [5.41, 5.74) is 2.61. The van der Waals surface area contributed by atoms with Crippen molar-refractivity contribution in [3.8, 4) is 11.5 Å². The second-order valence-corrected chi connectivity index (χ2v) is 4.51. The first-order chi connectivity index (χ1) is 9.99. The number of anilines is 1. The van der Waals surface area contributed by atoms with Crippen LogP contribution in [0.1, 0.15) is 11.3 Å². The second kappa shape index (κ2) is 6.43. The van der Waals surface area contributed by atoms with E-state index in [1.54, 1.807) is 16.8 Å². The second-order valence-electron chi connectivity index (χ2n) is 4.51. The van der Waals surface area contributed by atoms with E-state index in [2.05, 4.69) is 15.2 Å². The largest absolute Gasteiger partial charge is 0.493 e. The van der Waals surface area contributed by atoms with Gasteiger partial charge in [0.2, 0.25) is 0 Å². The van der Waals surface area contributed by atoms with E-state index in [9.17, 15) is 8.78 Å². The van der Waals surface area contributed by atoms with E-state index in [0.717, 1.165) is 11.3 Å². The van der Waals surface area contributed by atoms with Crippen LogP contribution in [0.2, 0.25) is 0 Å². The van der Waals surface area contributed by atoms with Gasteiger partial charge < -0.3 is 14.8 Å². The predicted molar refractivity (Wildman–Crippen MR) is 74.9 cm³/mol. The van der Waals surface area contributed by atoms with Crippen molar-refractivity contribution >= 4 is 5.69 Å². The van der Waals surface area contributed by atoms with Crippen LogP contribution in [0.4, 0.5) is 14.5 Å². The lowest BCUT2D eigenvalue weighted by molar-refractivity contribution is -0.0511. The smallest absolute Gasteiger partial charge is 0.387 e. The Balaban J connectivity index is 2.11. The number of aromatic nitrogens is 2. The highest BCUT2D eigenvalue weighted by Crippen LogP contribution is 2.31. The Morgan fingerprint density at radius 3 is 2.67 bits per heavy atom. The van der Waals surface area contributed by atoms with E-state index >= 15 is 0 Å². The lowest BCUT2D eigenvalue weighted by atomic mass is 10.2. The highest BCUT2D eigenvalue weighted by Gasteiger charge is 2.11. The molecule has 1 heterocycles. The normalized spacial score (nSPS) is 10.8. The van der Waals surface area contributed by atoms with Crippen molar-refractivity contribution in [2.24, 2.45) is 7.05 Å². The number of hydrogen-bond donors (Lipinski definition) is 1. The Kier molecular flexibility index (Phi) is 4.62. The molecule has 21 heavy (non-hydrogen) atoms. The Morgan fingerprint density at radius 1 is 1.33 bits per heavy atom. The van der Waals surface area contributed by atoms with Crippen LogP contribution >= 0.6 is 0 Å². The first kappa shape index (κ1) is 15.1. The summed E-state index contributed by atoms with van der Waals surface area (Å²) in [5.74, 6) is 0.263. The zero-order valence-corrected chi connectivity index (χ0v) is 12.1. The molecule has 0 amide bonds. The molecule has 0 aliphatic rings. The van der Waals surface area contributed by atoms with E-state index in [1.807, 2.05) is 20.2 Å². The van der Waals surface area contributed by atoms with Crippen molar-refractivity contribution in [3.63, 3.8) is 0 Å². The molecule has 0 spiro atoms. The summed E-state index contributed by atoms with van der Waals surface area (Å²) in [5, 5.41) is 7.39. The fraction of sp³-hybridized carbons (Fsp3) is 0.357. The summed E-state index contributed by atoms with van der Waals surface area (Å²) < 4.78 is 35.9. The molecule has 0 aliphatic carbocycles. The molecule has 0 unspecified atom stereocenters. The van der Waals surface area contributed by atoms with Gasteiger partial charge in [0.15, 0.2) is 11.5 Å². The van der Waals surface area contributed by atoms with E-state index < -0.39 is 6.61 Å². The minimum Gasteiger partial charge on any atom is -0.493 e. The van der Waals surface area contributed by atoms with Crippen molar-refractivity contribution < 1.29 is 18.3 Å². The average molecular weight is 297 g/mol. The summed E-state index contributed by atoms with van der Waals surface area (Å²) in [6.07, 6.45) is 1.91. The zero-order valence-electron chi connectivity index (χ0n) is 12.1. The molecule has 2 rings (SSSR count). The minimum atomic E-state index is -2.89. The van der Waals surface area contributed by atoms with Crippen molar-refractivity contribution in [1.29, 1.82) is 0 Å². The minimum absolute atomic E-state index is 0.000378. The summed E-state index contributed by atoms with van der Waals surface area (Å²) in [6, 6.07) is 4.80. The summed E-state index contributed by atoms with van der Waals surface area (Å²) >= 11 is 0. The highest BCUT2D eigenvalue weighted by molar-refractivity contribution is 5.55. The molecule has 0 fully saturated rings. The highest BCUT2D eigenvalue weighted by atomic mass is 19.3. The predicted octanol–water partition coefficient (Wildman–Crippen LogP) is 2.95. The number of methoxy groups -OCH3 is 1. The standard InChI is InChI=1S/C14H17F2N3O2/c1-9-10(8-19(2)18-9)7-17-11-4-5-12(20-3)13(6-11)21-14(15)16/h4-6,8,14,17H,7H2,1-3H3. The molecule has 1 aromatic heterocycles. The first-order valence-electron chi connectivity index (χ1n) is 6.35. The van der Waals surface area contributed by atoms with Gasteiger partial charge in [0.25, 0.3) is 0 Å². The summed E-state index contributed by atoms with van der Waals surface area (Å²) in [6.45, 7) is -0.439. The van der Waals surface area contributed by atoms with E-state index in [4.69, 9.17) is 4.74 Å². The summed E-state index contributed by atoms with van der Waals surface area (Å²) in [7, 11) is 3.25. The fourth-order valence-corrected chi connectivity index (χ4v) is 1.99. The molecular weight excluding hydrogens is 280 g/mol. The fourth-order valence-electron chi connectivity index (χ4n) is 1.99. The molecular formula is C14H17F2N3O2. The molecule has 2 aromatic rings. The van der Waals surface area contributed by atoms with Crippen molar-refractivity contribution in [1.82, 2.24) is 9.78 Å². The van der Waals surface area contributed by atoms with Crippen LogP contribution in [0.3, 0.4) is 0 Å². The van der Waals surface area contributed by atoms with E-state index in [1.165, 1.54) is 13.2 Å². The third kappa shape index (κ3) is 3.84. The molecule has 0 radical (unpaired) electrons. The zero-order chi connectivity index (χ0) is 15.4. The molecule has 0 aliphatic heterocycles. The van der Waals surface area contributed by atoms with Gasteiger partial charge in [-0.05, 0) is 19.1 Å². The maximum Gasteiger partial charge on any atom is 0.387 e. The number of rotatable bonds is 6. The lowest BCUT2D eigenvalue weighted by Gasteiger charge is -2.12. The quantitative estimate of drug-likeness (QED) is 0.890. The van der Waals surface area contributed by atoms with E-state index in [-0.39, 0.29) is 11.5 Å². The number of aryl methyl sites for hydroxylation is 2. The molecule has 0 atom stereocenters. The average Bonchev–Trinajstić information content (AvgIpc) is 2.74. The molecule has 0 saturated heterocycles. The van der Waals surface area contributed by atoms with Crippen LogP contribution in [-0.2, 0) is 13.6 Å². The number of benzene rings is 1. The maximum absolute atomic E-state index is 12.4. The van der Waals surface area contributed by atoms with Gasteiger partial charge in [-0.1, -0.05) is 0 Å². The molecule has 1 aromatic carbocycles. The molecule has 1 N–H and O–H groups in total. The molecule has 114 valence electrons. The lowest BCUT2D eigenvalue weighted by Crippen LogP contribution is -2.05. The van der Waals surface area contributed by atoms with Gasteiger partial charge in [-0.25, -0.2) is 0 Å².